The number of aliphatic hydroxyl groups excluding tert-OH is 1. The first-order valence-electron chi connectivity index (χ1n) is 11.3. The number of aromatic nitrogens is 1. The van der Waals surface area contributed by atoms with E-state index in [2.05, 4.69) is 4.98 Å². The Labute approximate surface area is 221 Å². The van der Waals surface area contributed by atoms with Gasteiger partial charge in [0.05, 0.1) is 34.3 Å². The molecule has 1 aliphatic heterocycles. The van der Waals surface area contributed by atoms with Crippen LogP contribution in [0, 0.1) is 6.92 Å². The average molecular weight is 533 g/mol. The van der Waals surface area contributed by atoms with Gasteiger partial charge in [-0.15, -0.1) is 11.3 Å². The monoisotopic (exact) mass is 532 g/mol. The number of anilines is 1. The molecule has 2 heterocycles. The number of amides is 1. The van der Waals surface area contributed by atoms with Gasteiger partial charge >= 0.3 is 0 Å². The zero-order valence-electron chi connectivity index (χ0n) is 19.8. The molecule has 1 unspecified atom stereocenters. The minimum Gasteiger partial charge on any atom is -0.506 e. The maximum Gasteiger partial charge on any atom is 0.294 e. The number of aryl methyl sites for hydroxylation is 1. The van der Waals surface area contributed by atoms with Gasteiger partial charge in [-0.1, -0.05) is 54.1 Å². The number of hydrogen-bond donors (Lipinski definition) is 2. The number of ketones is 1. The van der Waals surface area contributed by atoms with Gasteiger partial charge in [-0.2, -0.15) is 0 Å². The summed E-state index contributed by atoms with van der Waals surface area (Å²) in [5.41, 5.74) is 2.11. The van der Waals surface area contributed by atoms with Gasteiger partial charge in [0.25, 0.3) is 5.91 Å². The van der Waals surface area contributed by atoms with Crippen LogP contribution in [0.25, 0.3) is 10.6 Å². The molecule has 37 heavy (non-hydrogen) atoms. The molecule has 4 aromatic rings. The molecule has 0 saturated carbocycles. The number of carbonyl (C=O) groups excluding carboxylic acids is 2. The summed E-state index contributed by atoms with van der Waals surface area (Å²) in [6.45, 7) is 1.72. The Balaban J connectivity index is 1.65. The van der Waals surface area contributed by atoms with Crippen molar-refractivity contribution in [2.75, 3.05) is 12.0 Å². The van der Waals surface area contributed by atoms with E-state index in [0.29, 0.717) is 32.6 Å². The quantitative estimate of drug-likeness (QED) is 0.284. The van der Waals surface area contributed by atoms with Crippen LogP contribution < -0.4 is 9.64 Å². The first-order chi connectivity index (χ1) is 17.8. The van der Waals surface area contributed by atoms with Gasteiger partial charge in [0, 0.05) is 17.3 Å². The first kappa shape index (κ1) is 24.5. The summed E-state index contributed by atoms with van der Waals surface area (Å²) < 4.78 is 5.31. The number of phenolic OH excluding ortho intramolecular Hbond substituents is 1. The number of hydrogen-bond acceptors (Lipinski definition) is 7. The molecule has 9 heteroatoms. The lowest BCUT2D eigenvalue weighted by Gasteiger charge is -2.27. The highest BCUT2D eigenvalue weighted by molar-refractivity contribution is 7.17. The highest BCUT2D eigenvalue weighted by Gasteiger charge is 2.45. The van der Waals surface area contributed by atoms with E-state index in [0.717, 1.165) is 5.56 Å². The van der Waals surface area contributed by atoms with Gasteiger partial charge in [-0.3, -0.25) is 14.5 Å². The number of methoxy groups -OCH3 is 1. The first-order valence-corrected chi connectivity index (χ1v) is 12.5. The van der Waals surface area contributed by atoms with E-state index < -0.39 is 23.5 Å². The Morgan fingerprint density at radius 2 is 1.81 bits per heavy atom. The largest absolute Gasteiger partial charge is 0.506 e. The maximum absolute atomic E-state index is 14.0. The second kappa shape index (κ2) is 9.72. The van der Waals surface area contributed by atoms with Crippen LogP contribution in [0.1, 0.15) is 27.0 Å². The SMILES string of the molecule is COc1cccc(N2C(=O)C(O)=C(C(=O)c3sc(-c4ccccc4)nc3C)C2c2ccc(O)c(Cl)c2)c1. The van der Waals surface area contributed by atoms with Gasteiger partial charge in [-0.25, -0.2) is 4.98 Å². The van der Waals surface area contributed by atoms with Crippen LogP contribution >= 0.6 is 22.9 Å². The number of benzene rings is 3. The van der Waals surface area contributed by atoms with Crippen molar-refractivity contribution in [3.8, 4) is 22.1 Å². The third-order valence-corrected chi connectivity index (χ3v) is 7.60. The number of ether oxygens (including phenoxy) is 1. The Kier molecular flexibility index (Phi) is 6.45. The molecule has 0 radical (unpaired) electrons. The number of aromatic hydroxyl groups is 1. The molecule has 1 atom stereocenters. The minimum absolute atomic E-state index is 0.0501. The van der Waals surface area contributed by atoms with Crippen LogP contribution in [0.15, 0.2) is 84.1 Å². The van der Waals surface area contributed by atoms with Crippen molar-refractivity contribution in [1.82, 2.24) is 4.98 Å². The molecule has 0 fully saturated rings. The van der Waals surface area contributed by atoms with Gasteiger partial charge < -0.3 is 14.9 Å². The van der Waals surface area contributed by atoms with Crippen molar-refractivity contribution in [3.63, 3.8) is 0 Å². The molecule has 0 saturated heterocycles. The Bertz CT molecular complexity index is 1560. The predicted octanol–water partition coefficient (Wildman–Crippen LogP) is 6.27. The van der Waals surface area contributed by atoms with Crippen molar-refractivity contribution in [2.24, 2.45) is 0 Å². The smallest absolute Gasteiger partial charge is 0.294 e. The third-order valence-electron chi connectivity index (χ3n) is 6.10. The van der Waals surface area contributed by atoms with Gasteiger partial charge in [0.2, 0.25) is 5.78 Å². The normalized spacial score (nSPS) is 15.4. The molecule has 2 N–H and O–H groups in total. The Hall–Kier alpha value is -4.14. The Morgan fingerprint density at radius 3 is 2.51 bits per heavy atom. The molecule has 7 nitrogen and oxygen atoms in total. The summed E-state index contributed by atoms with van der Waals surface area (Å²) in [5, 5.41) is 21.7. The number of carbonyl (C=O) groups is 2. The van der Waals surface area contributed by atoms with Crippen molar-refractivity contribution >= 4 is 40.3 Å². The fourth-order valence-electron chi connectivity index (χ4n) is 4.31. The Morgan fingerprint density at radius 1 is 1.05 bits per heavy atom. The van der Waals surface area contributed by atoms with Crippen LogP contribution in [-0.4, -0.2) is 34.0 Å². The molecule has 5 rings (SSSR count). The van der Waals surface area contributed by atoms with Crippen LogP contribution in [0.4, 0.5) is 5.69 Å². The van der Waals surface area contributed by atoms with Crippen molar-refractivity contribution in [2.45, 2.75) is 13.0 Å². The summed E-state index contributed by atoms with van der Waals surface area (Å²) in [6.07, 6.45) is 0. The molecule has 3 aromatic carbocycles. The summed E-state index contributed by atoms with van der Waals surface area (Å²) in [7, 11) is 1.50. The highest BCUT2D eigenvalue weighted by Crippen LogP contribution is 2.45. The summed E-state index contributed by atoms with van der Waals surface area (Å²) >= 11 is 7.40. The molecule has 1 amide bonds. The number of phenols is 1. The molecule has 1 aliphatic rings. The number of aliphatic hydroxyl groups is 1. The third kappa shape index (κ3) is 4.34. The molecule has 0 aliphatic carbocycles. The van der Waals surface area contributed by atoms with Crippen molar-refractivity contribution in [3.05, 3.63) is 105 Å². The average Bonchev–Trinajstić information content (AvgIpc) is 3.43. The zero-order valence-corrected chi connectivity index (χ0v) is 21.4. The lowest BCUT2D eigenvalue weighted by molar-refractivity contribution is -0.117. The van der Waals surface area contributed by atoms with E-state index >= 15 is 0 Å². The van der Waals surface area contributed by atoms with E-state index in [1.54, 1.807) is 37.3 Å². The second-order valence-corrected chi connectivity index (χ2v) is 9.79. The lowest BCUT2D eigenvalue weighted by atomic mass is 9.94. The van der Waals surface area contributed by atoms with E-state index in [-0.39, 0.29) is 16.3 Å². The molecular formula is C28H21ClN2O5S. The summed E-state index contributed by atoms with van der Waals surface area (Å²) in [5.74, 6) is -1.55. The molecular weight excluding hydrogens is 512 g/mol. The number of nitrogens with zero attached hydrogens (tertiary/aromatic N) is 2. The fourth-order valence-corrected chi connectivity index (χ4v) is 5.52. The fraction of sp³-hybridized carbons (Fsp3) is 0.107. The molecule has 186 valence electrons. The van der Waals surface area contributed by atoms with Crippen LogP contribution in [0.2, 0.25) is 5.02 Å². The van der Waals surface area contributed by atoms with Crippen LogP contribution in [0.5, 0.6) is 11.5 Å². The topological polar surface area (TPSA) is 100.0 Å². The number of halogens is 1. The molecule has 0 bridgehead atoms. The van der Waals surface area contributed by atoms with Gasteiger partial charge in [0.1, 0.15) is 16.5 Å². The molecule has 1 aromatic heterocycles. The van der Waals surface area contributed by atoms with E-state index in [4.69, 9.17) is 16.3 Å². The second-order valence-electron chi connectivity index (χ2n) is 8.38. The summed E-state index contributed by atoms with van der Waals surface area (Å²) in [4.78, 5) is 33.6. The van der Waals surface area contributed by atoms with Crippen molar-refractivity contribution in [1.29, 1.82) is 0 Å². The van der Waals surface area contributed by atoms with E-state index in [1.165, 1.54) is 35.5 Å². The summed E-state index contributed by atoms with van der Waals surface area (Å²) in [6, 6.07) is 19.6. The van der Waals surface area contributed by atoms with E-state index in [9.17, 15) is 19.8 Å². The lowest BCUT2D eigenvalue weighted by Crippen LogP contribution is -2.31. The van der Waals surface area contributed by atoms with Crippen LogP contribution in [-0.2, 0) is 4.79 Å². The number of thiazole rings is 1. The van der Waals surface area contributed by atoms with Gasteiger partial charge in [-0.05, 0) is 36.8 Å². The highest BCUT2D eigenvalue weighted by atomic mass is 35.5. The molecule has 0 spiro atoms. The number of Topliss-reactive ketones (excluding diaryl/α,β-unsaturated/α-hetero) is 1. The van der Waals surface area contributed by atoms with Gasteiger partial charge in [0.15, 0.2) is 5.76 Å². The van der Waals surface area contributed by atoms with E-state index in [1.807, 2.05) is 30.3 Å². The minimum atomic E-state index is -1.01. The van der Waals surface area contributed by atoms with Crippen molar-refractivity contribution < 1.29 is 24.5 Å². The zero-order chi connectivity index (χ0) is 26.3. The van der Waals surface area contributed by atoms with Crippen LogP contribution in [0.3, 0.4) is 0 Å². The maximum atomic E-state index is 14.0. The predicted molar refractivity (Wildman–Crippen MR) is 143 cm³/mol. The number of rotatable bonds is 6. The standard InChI is InChI=1S/C28H21ClN2O5S/c1-15-26(37-27(30-15)16-7-4-3-5-8-16)24(33)22-23(17-11-12-21(32)20(29)13-17)31(28(35)25(22)34)18-9-6-10-19(14-18)36-2/h3-14,23,32,34H,1-2H3.